The zero-order chi connectivity index (χ0) is 25.2. The van der Waals surface area contributed by atoms with E-state index in [0.29, 0.717) is 17.5 Å². The summed E-state index contributed by atoms with van der Waals surface area (Å²) < 4.78 is 0. The van der Waals surface area contributed by atoms with Crippen LogP contribution in [-0.2, 0) is 0 Å². The van der Waals surface area contributed by atoms with E-state index in [1.807, 2.05) is 84.9 Å². The highest BCUT2D eigenvalue weighted by atomic mass is 16.1. The normalized spacial score (nSPS) is 12.3. The molecule has 0 amide bonds. The summed E-state index contributed by atoms with van der Waals surface area (Å²) in [6.45, 7) is 0. The third-order valence-corrected chi connectivity index (χ3v) is 7.41. The third-order valence-electron chi connectivity index (χ3n) is 7.41. The van der Waals surface area contributed by atoms with E-state index in [0.717, 1.165) is 60.1 Å². The first kappa shape index (κ1) is 20.9. The molecule has 1 heterocycles. The second-order valence-electron chi connectivity index (χ2n) is 9.59. The Morgan fingerprint density at radius 3 is 1.68 bits per heavy atom. The Morgan fingerprint density at radius 2 is 1.00 bits per heavy atom. The first-order valence-corrected chi connectivity index (χ1v) is 12.6. The van der Waals surface area contributed by atoms with Crippen molar-refractivity contribution in [2.45, 2.75) is 0 Å². The Kier molecular flexibility index (Phi) is 4.34. The molecule has 8 rings (SSSR count). The summed E-state index contributed by atoms with van der Waals surface area (Å²) in [7, 11) is 0. The minimum Gasteiger partial charge on any atom is -0.289 e. The fraction of sp³-hybridized carbons (Fsp3) is 0. The van der Waals surface area contributed by atoms with Gasteiger partial charge in [-0.05, 0) is 27.6 Å². The number of hydrogen-bond donors (Lipinski definition) is 0. The van der Waals surface area contributed by atoms with Crippen LogP contribution in [-0.4, -0.2) is 20.7 Å². The molecule has 0 saturated heterocycles. The molecule has 0 bridgehead atoms. The smallest absolute Gasteiger partial charge is 0.194 e. The summed E-state index contributed by atoms with van der Waals surface area (Å²) in [5.41, 5.74) is 4.22. The van der Waals surface area contributed by atoms with E-state index in [-0.39, 0.29) is 5.78 Å². The van der Waals surface area contributed by atoms with Crippen molar-refractivity contribution in [2.75, 3.05) is 0 Å². The van der Waals surface area contributed by atoms with E-state index in [1.54, 1.807) is 0 Å². The van der Waals surface area contributed by atoms with Gasteiger partial charge in [-0.25, -0.2) is 15.0 Å². The van der Waals surface area contributed by atoms with Crippen LogP contribution in [0.5, 0.6) is 0 Å². The number of aromatic nitrogens is 3. The van der Waals surface area contributed by atoms with Gasteiger partial charge in [0.25, 0.3) is 0 Å². The Labute approximate surface area is 218 Å². The van der Waals surface area contributed by atoms with Gasteiger partial charge < -0.3 is 0 Å². The number of rotatable bonds is 3. The molecule has 0 fully saturated rings. The Balaban J connectivity index is 1.50. The van der Waals surface area contributed by atoms with Crippen LogP contribution in [0.25, 0.3) is 66.5 Å². The molecule has 6 aromatic carbocycles. The molecule has 0 N–H and O–H groups in total. The van der Waals surface area contributed by atoms with Crippen molar-refractivity contribution in [3.8, 4) is 34.2 Å². The molecule has 0 atom stereocenters. The fourth-order valence-electron chi connectivity index (χ4n) is 5.70. The zero-order valence-electron chi connectivity index (χ0n) is 20.2. The van der Waals surface area contributed by atoms with Crippen molar-refractivity contribution in [2.24, 2.45) is 0 Å². The molecule has 1 aliphatic carbocycles. The van der Waals surface area contributed by atoms with Gasteiger partial charge in [0.05, 0.1) is 0 Å². The number of benzene rings is 6. The maximum Gasteiger partial charge on any atom is 0.194 e. The van der Waals surface area contributed by atoms with Crippen molar-refractivity contribution >= 4 is 38.1 Å². The summed E-state index contributed by atoms with van der Waals surface area (Å²) >= 11 is 0. The molecule has 0 radical (unpaired) electrons. The van der Waals surface area contributed by atoms with Gasteiger partial charge >= 0.3 is 0 Å². The number of nitrogens with zero attached hydrogens (tertiary/aromatic N) is 3. The minimum absolute atomic E-state index is 0.0592. The molecule has 0 saturated carbocycles. The summed E-state index contributed by atoms with van der Waals surface area (Å²) in [4.78, 5) is 28.4. The van der Waals surface area contributed by atoms with Crippen LogP contribution in [0.4, 0.5) is 0 Å². The first-order chi connectivity index (χ1) is 18.8. The average molecular weight is 486 g/mol. The monoisotopic (exact) mass is 485 g/mol. The van der Waals surface area contributed by atoms with E-state index in [2.05, 4.69) is 30.3 Å². The number of carbonyl (C=O) groups is 1. The molecule has 0 spiro atoms. The van der Waals surface area contributed by atoms with Crippen LogP contribution in [0.3, 0.4) is 0 Å². The maximum absolute atomic E-state index is 13.6. The quantitative estimate of drug-likeness (QED) is 0.239. The van der Waals surface area contributed by atoms with Gasteiger partial charge in [-0.3, -0.25) is 4.79 Å². The number of hydrogen-bond acceptors (Lipinski definition) is 4. The summed E-state index contributed by atoms with van der Waals surface area (Å²) in [5.74, 6) is 1.87. The lowest BCUT2D eigenvalue weighted by Gasteiger charge is -2.20. The lowest BCUT2D eigenvalue weighted by atomic mass is 9.82. The Morgan fingerprint density at radius 1 is 0.421 bits per heavy atom. The molecule has 1 aliphatic rings. The van der Waals surface area contributed by atoms with Gasteiger partial charge in [0.15, 0.2) is 23.3 Å². The third kappa shape index (κ3) is 2.98. The molecular weight excluding hydrogens is 466 g/mol. The van der Waals surface area contributed by atoms with Gasteiger partial charge in [0.1, 0.15) is 0 Å². The van der Waals surface area contributed by atoms with Crippen LogP contribution in [0.2, 0.25) is 0 Å². The highest BCUT2D eigenvalue weighted by Gasteiger charge is 2.26. The van der Waals surface area contributed by atoms with Crippen molar-refractivity contribution in [1.29, 1.82) is 0 Å². The summed E-state index contributed by atoms with van der Waals surface area (Å²) in [6.07, 6.45) is 0. The van der Waals surface area contributed by atoms with E-state index in [4.69, 9.17) is 15.0 Å². The zero-order valence-corrected chi connectivity index (χ0v) is 20.2. The van der Waals surface area contributed by atoms with Gasteiger partial charge in [-0.2, -0.15) is 0 Å². The molecule has 1 aromatic heterocycles. The summed E-state index contributed by atoms with van der Waals surface area (Å²) in [6, 6.07) is 38.3. The van der Waals surface area contributed by atoms with Crippen LogP contribution in [0.1, 0.15) is 15.9 Å². The van der Waals surface area contributed by atoms with E-state index in [1.165, 1.54) is 0 Å². The molecule has 4 heteroatoms. The topological polar surface area (TPSA) is 55.7 Å². The molecule has 7 aromatic rings. The van der Waals surface area contributed by atoms with E-state index >= 15 is 0 Å². The van der Waals surface area contributed by atoms with Gasteiger partial charge in [-0.15, -0.1) is 0 Å². The van der Waals surface area contributed by atoms with Gasteiger partial charge in [0, 0.05) is 38.6 Å². The maximum atomic E-state index is 13.6. The molecule has 0 aliphatic heterocycles. The van der Waals surface area contributed by atoms with Crippen LogP contribution in [0.15, 0.2) is 115 Å². The predicted molar refractivity (Wildman–Crippen MR) is 152 cm³/mol. The largest absolute Gasteiger partial charge is 0.289 e. The van der Waals surface area contributed by atoms with Crippen LogP contribution >= 0.6 is 0 Å². The van der Waals surface area contributed by atoms with Gasteiger partial charge in [0.2, 0.25) is 0 Å². The van der Waals surface area contributed by atoms with E-state index in [9.17, 15) is 4.79 Å². The molecule has 38 heavy (non-hydrogen) atoms. The lowest BCUT2D eigenvalue weighted by Crippen LogP contribution is -2.08. The van der Waals surface area contributed by atoms with Crippen LogP contribution in [0, 0.1) is 0 Å². The Bertz CT molecular complexity index is 2030. The first-order valence-electron chi connectivity index (χ1n) is 12.6. The van der Waals surface area contributed by atoms with Crippen molar-refractivity contribution in [3.05, 3.63) is 126 Å². The van der Waals surface area contributed by atoms with Crippen molar-refractivity contribution in [1.82, 2.24) is 15.0 Å². The highest BCUT2D eigenvalue weighted by molar-refractivity contribution is 6.37. The molecule has 4 nitrogen and oxygen atoms in total. The average Bonchev–Trinajstić information content (AvgIpc) is 2.99. The lowest BCUT2D eigenvalue weighted by molar-refractivity contribution is 0.104. The standard InChI is InChI=1S/C34H19N3O/c38-31-25-15-7-13-20-17-18-23-19-27(24-14-8-16-26(31)30(24)29(23)28(20)25)34-36-32(21-9-3-1-4-10-21)35-33(37-34)22-11-5-2-6-12-22/h1-19H. The van der Waals surface area contributed by atoms with Crippen molar-refractivity contribution in [3.63, 3.8) is 0 Å². The predicted octanol–water partition coefficient (Wildman–Crippen LogP) is 7.88. The van der Waals surface area contributed by atoms with E-state index < -0.39 is 0 Å². The van der Waals surface area contributed by atoms with Crippen molar-refractivity contribution < 1.29 is 4.79 Å². The second-order valence-corrected chi connectivity index (χ2v) is 9.59. The minimum atomic E-state index is 0.0592. The Hall–Kier alpha value is -5.22. The molecular formula is C34H19N3O. The molecule has 0 unspecified atom stereocenters. The number of carbonyl (C=O) groups excluding carboxylic acids is 1. The SMILES string of the molecule is O=C1c2cccc3ccc4cc(-c5nc(-c6ccccc6)nc(-c6ccccc6)n5)c5cccc1c5c4c23. The second kappa shape index (κ2) is 7.89. The fourth-order valence-corrected chi connectivity index (χ4v) is 5.70. The van der Waals surface area contributed by atoms with Gasteiger partial charge in [-0.1, -0.05) is 109 Å². The van der Waals surface area contributed by atoms with Crippen LogP contribution < -0.4 is 0 Å². The number of ketones is 1. The summed E-state index contributed by atoms with van der Waals surface area (Å²) in [5, 5.41) is 6.22. The highest BCUT2D eigenvalue weighted by Crippen LogP contribution is 2.44. The molecule has 176 valence electrons.